The highest BCUT2D eigenvalue weighted by Gasteiger charge is 2.12. The molecule has 0 atom stereocenters. The Morgan fingerprint density at radius 3 is 2.65 bits per heavy atom. The summed E-state index contributed by atoms with van der Waals surface area (Å²) in [4.78, 5) is 0. The minimum Gasteiger partial charge on any atom is -0.305 e. The van der Waals surface area contributed by atoms with Crippen molar-refractivity contribution in [1.82, 2.24) is 14.8 Å². The first kappa shape index (κ1) is 15.6. The normalized spacial score (nSPS) is 10.5. The van der Waals surface area contributed by atoms with Gasteiger partial charge in [0.25, 0.3) is 0 Å². The lowest BCUT2D eigenvalue weighted by atomic mass is 10.2. The SMILES string of the molecule is Cn1c(SCc2ccc(C#N)cc2Cl)nnc1-c1ccccc1. The van der Waals surface area contributed by atoms with Crippen molar-refractivity contribution in [3.8, 4) is 17.5 Å². The van der Waals surface area contributed by atoms with E-state index in [2.05, 4.69) is 16.3 Å². The quantitative estimate of drug-likeness (QED) is 0.664. The van der Waals surface area contributed by atoms with Gasteiger partial charge in [0.1, 0.15) is 0 Å². The highest BCUT2D eigenvalue weighted by molar-refractivity contribution is 7.98. The smallest absolute Gasteiger partial charge is 0.191 e. The van der Waals surface area contributed by atoms with Crippen LogP contribution in [0.5, 0.6) is 0 Å². The number of rotatable bonds is 4. The molecule has 0 aliphatic carbocycles. The van der Waals surface area contributed by atoms with E-state index >= 15 is 0 Å². The number of benzene rings is 2. The van der Waals surface area contributed by atoms with Crippen molar-refractivity contribution in [2.24, 2.45) is 7.05 Å². The third kappa shape index (κ3) is 3.39. The molecule has 0 saturated carbocycles. The minimum atomic E-state index is 0.564. The highest BCUT2D eigenvalue weighted by atomic mass is 35.5. The van der Waals surface area contributed by atoms with Crippen molar-refractivity contribution in [3.05, 3.63) is 64.7 Å². The van der Waals surface area contributed by atoms with E-state index in [1.54, 1.807) is 23.9 Å². The van der Waals surface area contributed by atoms with Gasteiger partial charge in [0.15, 0.2) is 11.0 Å². The molecule has 0 amide bonds. The van der Waals surface area contributed by atoms with Gasteiger partial charge in [-0.15, -0.1) is 10.2 Å². The molecule has 0 spiro atoms. The fourth-order valence-electron chi connectivity index (χ4n) is 2.16. The van der Waals surface area contributed by atoms with Crippen LogP contribution in [0.4, 0.5) is 0 Å². The summed E-state index contributed by atoms with van der Waals surface area (Å²) in [7, 11) is 1.95. The Hall–Kier alpha value is -2.29. The van der Waals surface area contributed by atoms with Gasteiger partial charge in [-0.2, -0.15) is 5.26 Å². The summed E-state index contributed by atoms with van der Waals surface area (Å²) in [5.74, 6) is 1.50. The number of nitriles is 1. The summed E-state index contributed by atoms with van der Waals surface area (Å²) in [5, 5.41) is 18.8. The third-order valence-electron chi connectivity index (χ3n) is 3.41. The fraction of sp³-hybridized carbons (Fsp3) is 0.118. The number of thioether (sulfide) groups is 1. The average Bonchev–Trinajstić information content (AvgIpc) is 2.95. The molecule has 0 aliphatic rings. The molecule has 6 heteroatoms. The third-order valence-corrected chi connectivity index (χ3v) is 4.83. The van der Waals surface area contributed by atoms with E-state index in [4.69, 9.17) is 16.9 Å². The van der Waals surface area contributed by atoms with Gasteiger partial charge in [-0.1, -0.05) is 59.8 Å². The monoisotopic (exact) mass is 340 g/mol. The molecule has 0 unspecified atom stereocenters. The van der Waals surface area contributed by atoms with Crippen molar-refractivity contribution in [3.63, 3.8) is 0 Å². The van der Waals surface area contributed by atoms with Crippen molar-refractivity contribution in [2.75, 3.05) is 0 Å². The molecular formula is C17H13ClN4S. The number of halogens is 1. The van der Waals surface area contributed by atoms with Crippen LogP contribution in [0.1, 0.15) is 11.1 Å². The van der Waals surface area contributed by atoms with Crippen LogP contribution in [-0.4, -0.2) is 14.8 Å². The summed E-state index contributed by atoms with van der Waals surface area (Å²) >= 11 is 7.77. The van der Waals surface area contributed by atoms with Crippen LogP contribution in [-0.2, 0) is 12.8 Å². The maximum Gasteiger partial charge on any atom is 0.191 e. The first-order valence-electron chi connectivity index (χ1n) is 6.95. The van der Waals surface area contributed by atoms with Crippen molar-refractivity contribution in [2.45, 2.75) is 10.9 Å². The van der Waals surface area contributed by atoms with Gasteiger partial charge < -0.3 is 4.57 Å². The molecule has 0 radical (unpaired) electrons. The van der Waals surface area contributed by atoms with Gasteiger partial charge in [-0.05, 0) is 17.7 Å². The van der Waals surface area contributed by atoms with Crippen LogP contribution in [0.3, 0.4) is 0 Å². The van der Waals surface area contributed by atoms with Crippen molar-refractivity contribution < 1.29 is 0 Å². The topological polar surface area (TPSA) is 54.5 Å². The minimum absolute atomic E-state index is 0.564. The first-order chi connectivity index (χ1) is 11.2. The van der Waals surface area contributed by atoms with Crippen molar-refractivity contribution >= 4 is 23.4 Å². The van der Waals surface area contributed by atoms with Gasteiger partial charge in [0.2, 0.25) is 0 Å². The standard InChI is InChI=1S/C17H13ClN4S/c1-22-16(13-5-3-2-4-6-13)20-21-17(22)23-11-14-8-7-12(10-19)9-15(14)18/h2-9H,11H2,1H3. The lowest BCUT2D eigenvalue weighted by molar-refractivity contribution is 0.794. The van der Waals surface area contributed by atoms with E-state index in [1.165, 1.54) is 0 Å². The molecule has 3 rings (SSSR count). The summed E-state index contributed by atoms with van der Waals surface area (Å²) in [6.07, 6.45) is 0. The van der Waals surface area contributed by atoms with E-state index in [1.807, 2.05) is 48.0 Å². The predicted molar refractivity (Wildman–Crippen MR) is 92.2 cm³/mol. The number of hydrogen-bond acceptors (Lipinski definition) is 4. The Labute approximate surface area is 143 Å². The molecule has 3 aromatic rings. The van der Waals surface area contributed by atoms with Gasteiger partial charge in [-0.25, -0.2) is 0 Å². The Bertz CT molecular complexity index is 868. The highest BCUT2D eigenvalue weighted by Crippen LogP contribution is 2.28. The van der Waals surface area contributed by atoms with Gasteiger partial charge in [-0.3, -0.25) is 0 Å². The Morgan fingerprint density at radius 2 is 1.96 bits per heavy atom. The maximum atomic E-state index is 8.87. The van der Waals surface area contributed by atoms with Gasteiger partial charge >= 0.3 is 0 Å². The van der Waals surface area contributed by atoms with Crippen LogP contribution < -0.4 is 0 Å². The molecule has 0 bridgehead atoms. The summed E-state index contributed by atoms with van der Waals surface area (Å²) < 4.78 is 1.97. The van der Waals surface area contributed by atoms with Gasteiger partial charge in [0.05, 0.1) is 11.6 Å². The molecule has 1 aromatic heterocycles. The molecular weight excluding hydrogens is 328 g/mol. The maximum absolute atomic E-state index is 8.87. The van der Waals surface area contributed by atoms with E-state index in [0.717, 1.165) is 22.1 Å². The molecule has 4 nitrogen and oxygen atoms in total. The average molecular weight is 341 g/mol. The molecule has 114 valence electrons. The van der Waals surface area contributed by atoms with Crippen LogP contribution >= 0.6 is 23.4 Å². The predicted octanol–water partition coefficient (Wildman–Crippen LogP) is 4.30. The Balaban J connectivity index is 1.77. The van der Waals surface area contributed by atoms with E-state index < -0.39 is 0 Å². The van der Waals surface area contributed by atoms with E-state index in [9.17, 15) is 0 Å². The lowest BCUT2D eigenvalue weighted by Crippen LogP contribution is -1.95. The molecule has 23 heavy (non-hydrogen) atoms. The summed E-state index contributed by atoms with van der Waals surface area (Å²) in [5.41, 5.74) is 2.57. The molecule has 0 N–H and O–H groups in total. The number of hydrogen-bond donors (Lipinski definition) is 0. The van der Waals surface area contributed by atoms with E-state index in [-0.39, 0.29) is 0 Å². The largest absolute Gasteiger partial charge is 0.305 e. The number of aromatic nitrogens is 3. The lowest BCUT2D eigenvalue weighted by Gasteiger charge is -2.05. The Kier molecular flexibility index (Phi) is 4.65. The van der Waals surface area contributed by atoms with Crippen LogP contribution in [0.25, 0.3) is 11.4 Å². The molecule has 0 saturated heterocycles. The molecule has 2 aromatic carbocycles. The zero-order valence-electron chi connectivity index (χ0n) is 12.4. The van der Waals surface area contributed by atoms with Crippen molar-refractivity contribution in [1.29, 1.82) is 5.26 Å². The summed E-state index contributed by atoms with van der Waals surface area (Å²) in [6.45, 7) is 0. The van der Waals surface area contributed by atoms with Crippen LogP contribution in [0, 0.1) is 11.3 Å². The molecule has 1 heterocycles. The second-order valence-electron chi connectivity index (χ2n) is 4.94. The molecule has 0 fully saturated rings. The zero-order valence-corrected chi connectivity index (χ0v) is 14.0. The van der Waals surface area contributed by atoms with Crippen LogP contribution in [0.15, 0.2) is 53.7 Å². The van der Waals surface area contributed by atoms with Gasteiger partial charge in [0, 0.05) is 23.4 Å². The van der Waals surface area contributed by atoms with E-state index in [0.29, 0.717) is 16.3 Å². The first-order valence-corrected chi connectivity index (χ1v) is 8.31. The van der Waals surface area contributed by atoms with Crippen LogP contribution in [0.2, 0.25) is 5.02 Å². The Morgan fingerprint density at radius 1 is 1.17 bits per heavy atom. The second-order valence-corrected chi connectivity index (χ2v) is 6.29. The fourth-order valence-corrected chi connectivity index (χ4v) is 3.40. The molecule has 0 aliphatic heterocycles. The zero-order chi connectivity index (χ0) is 16.2. The summed E-state index contributed by atoms with van der Waals surface area (Å²) in [6, 6.07) is 17.4. The second kappa shape index (κ2) is 6.86. The number of nitrogens with zero attached hydrogens (tertiary/aromatic N) is 4.